The zero-order chi connectivity index (χ0) is 18.2. The molecule has 4 nitrogen and oxygen atoms in total. The van der Waals surface area contributed by atoms with Crippen LogP contribution in [-0.2, 0) is 10.4 Å². The summed E-state index contributed by atoms with van der Waals surface area (Å²) in [5, 5.41) is 11.4. The zero-order valence-corrected chi connectivity index (χ0v) is 14.4. The van der Waals surface area contributed by atoms with Gasteiger partial charge in [0.25, 0.3) is 5.91 Å². The normalized spacial score (nSPS) is 19.2. The van der Waals surface area contributed by atoms with Crippen molar-refractivity contribution in [2.24, 2.45) is 0 Å². The number of Topliss-reactive ketones (excluding diaryl/α,β-unsaturated/α-hetero) is 1. The molecule has 1 heterocycles. The van der Waals surface area contributed by atoms with Gasteiger partial charge in [0.05, 0.1) is 12.1 Å². The first kappa shape index (κ1) is 17.6. The highest BCUT2D eigenvalue weighted by Gasteiger charge is 2.50. The maximum Gasteiger partial charge on any atom is 0.264 e. The van der Waals surface area contributed by atoms with Crippen molar-refractivity contribution in [3.63, 3.8) is 0 Å². The van der Waals surface area contributed by atoms with Crippen LogP contribution in [0.15, 0.2) is 42.5 Å². The van der Waals surface area contributed by atoms with Crippen LogP contribution in [0, 0.1) is 5.82 Å². The lowest BCUT2D eigenvalue weighted by Gasteiger charge is -2.22. The fraction of sp³-hybridized carbons (Fsp3) is 0.263. The van der Waals surface area contributed by atoms with Gasteiger partial charge in [-0.2, -0.15) is 0 Å². The number of nitrogens with zero attached hydrogens (tertiary/aromatic N) is 1. The van der Waals surface area contributed by atoms with Crippen LogP contribution >= 0.6 is 11.6 Å². The Morgan fingerprint density at radius 3 is 2.56 bits per heavy atom. The predicted molar refractivity (Wildman–Crippen MR) is 93.3 cm³/mol. The maximum atomic E-state index is 13.0. The van der Waals surface area contributed by atoms with E-state index in [9.17, 15) is 19.1 Å². The first-order valence-corrected chi connectivity index (χ1v) is 8.37. The Bertz CT molecular complexity index is 837. The van der Waals surface area contributed by atoms with E-state index in [2.05, 4.69) is 0 Å². The molecule has 0 aliphatic carbocycles. The lowest BCUT2D eigenvalue weighted by atomic mass is 9.88. The molecule has 1 amide bonds. The number of amides is 1. The highest BCUT2D eigenvalue weighted by molar-refractivity contribution is 6.31. The van der Waals surface area contributed by atoms with Gasteiger partial charge >= 0.3 is 0 Å². The minimum absolute atomic E-state index is 0.236. The molecule has 2 aromatic rings. The van der Waals surface area contributed by atoms with Gasteiger partial charge in [-0.05, 0) is 48.9 Å². The molecular formula is C19H17ClFNO3. The standard InChI is InChI=1S/C19H17ClFNO3/c1-2-9-22-16-8-5-13(20)10-15(16)19(25,18(22)24)11-17(23)12-3-6-14(21)7-4-12/h3-8,10,25H,2,9,11H2,1H3/t19-/m0/s1. The third kappa shape index (κ3) is 3.05. The van der Waals surface area contributed by atoms with Crippen LogP contribution in [-0.4, -0.2) is 23.3 Å². The Morgan fingerprint density at radius 1 is 1.24 bits per heavy atom. The summed E-state index contributed by atoms with van der Waals surface area (Å²) in [5.74, 6) is -1.44. The fourth-order valence-electron chi connectivity index (χ4n) is 3.11. The molecule has 1 aliphatic heterocycles. The van der Waals surface area contributed by atoms with Gasteiger partial charge in [-0.25, -0.2) is 4.39 Å². The number of aliphatic hydroxyl groups is 1. The number of carbonyl (C=O) groups is 2. The van der Waals surface area contributed by atoms with Crippen molar-refractivity contribution >= 4 is 29.0 Å². The summed E-state index contributed by atoms with van der Waals surface area (Å²) in [6, 6.07) is 9.84. The van der Waals surface area contributed by atoms with Crippen molar-refractivity contribution < 1.29 is 19.1 Å². The second-order valence-corrected chi connectivity index (χ2v) is 6.52. The summed E-state index contributed by atoms with van der Waals surface area (Å²) >= 11 is 6.03. The molecule has 0 unspecified atom stereocenters. The molecule has 1 N–H and O–H groups in total. The lowest BCUT2D eigenvalue weighted by molar-refractivity contribution is -0.135. The number of halogens is 2. The van der Waals surface area contributed by atoms with Crippen molar-refractivity contribution in [2.45, 2.75) is 25.4 Å². The van der Waals surface area contributed by atoms with Crippen LogP contribution in [0.2, 0.25) is 5.02 Å². The number of anilines is 1. The van der Waals surface area contributed by atoms with E-state index in [1.165, 1.54) is 35.2 Å². The molecule has 2 aromatic carbocycles. The van der Waals surface area contributed by atoms with E-state index in [-0.39, 0.29) is 5.56 Å². The Kier molecular flexibility index (Phi) is 4.62. The van der Waals surface area contributed by atoms with E-state index in [1.807, 2.05) is 6.92 Å². The van der Waals surface area contributed by atoms with Crippen LogP contribution in [0.4, 0.5) is 10.1 Å². The number of hydrogen-bond donors (Lipinski definition) is 1. The molecular weight excluding hydrogens is 345 g/mol. The Labute approximate surface area is 149 Å². The van der Waals surface area contributed by atoms with Gasteiger partial charge in [-0.3, -0.25) is 9.59 Å². The summed E-state index contributed by atoms with van der Waals surface area (Å²) in [7, 11) is 0. The SMILES string of the molecule is CCCN1C(=O)[C@](O)(CC(=O)c2ccc(F)cc2)c2cc(Cl)ccc21. The number of hydrogen-bond acceptors (Lipinski definition) is 3. The molecule has 130 valence electrons. The van der Waals surface area contributed by atoms with Gasteiger partial charge in [-0.15, -0.1) is 0 Å². The third-order valence-electron chi connectivity index (χ3n) is 4.32. The van der Waals surface area contributed by atoms with Crippen LogP contribution < -0.4 is 4.90 Å². The quantitative estimate of drug-likeness (QED) is 0.826. The minimum atomic E-state index is -1.97. The number of carbonyl (C=O) groups excluding carboxylic acids is 2. The fourth-order valence-corrected chi connectivity index (χ4v) is 3.28. The van der Waals surface area contributed by atoms with E-state index in [0.717, 1.165) is 0 Å². The first-order valence-electron chi connectivity index (χ1n) is 8.00. The molecule has 0 saturated heterocycles. The Morgan fingerprint density at radius 2 is 1.92 bits per heavy atom. The van der Waals surface area contributed by atoms with Gasteiger partial charge in [0.2, 0.25) is 0 Å². The largest absolute Gasteiger partial charge is 0.375 e. The highest BCUT2D eigenvalue weighted by Crippen LogP contribution is 2.44. The summed E-state index contributed by atoms with van der Waals surface area (Å²) in [4.78, 5) is 26.8. The van der Waals surface area contributed by atoms with E-state index in [4.69, 9.17) is 11.6 Å². The third-order valence-corrected chi connectivity index (χ3v) is 4.56. The number of fused-ring (bicyclic) bond motifs is 1. The van der Waals surface area contributed by atoms with Crippen LogP contribution in [0.3, 0.4) is 0 Å². The van der Waals surface area contributed by atoms with E-state index < -0.39 is 29.5 Å². The molecule has 0 spiro atoms. The summed E-state index contributed by atoms with van der Waals surface area (Å²) < 4.78 is 13.0. The molecule has 0 saturated carbocycles. The van der Waals surface area contributed by atoms with Crippen molar-refractivity contribution in [2.75, 3.05) is 11.4 Å². The van der Waals surface area contributed by atoms with Crippen molar-refractivity contribution in [1.29, 1.82) is 0 Å². The number of benzene rings is 2. The second kappa shape index (κ2) is 6.58. The summed E-state index contributed by atoms with van der Waals surface area (Å²) in [6.07, 6.45) is 0.279. The summed E-state index contributed by atoms with van der Waals surface area (Å²) in [6.45, 7) is 2.35. The molecule has 1 atom stereocenters. The zero-order valence-electron chi connectivity index (χ0n) is 13.6. The van der Waals surface area contributed by atoms with Crippen molar-refractivity contribution in [3.05, 3.63) is 64.4 Å². The Hall–Kier alpha value is -2.24. The number of ketones is 1. The van der Waals surface area contributed by atoms with Gasteiger partial charge in [0.1, 0.15) is 5.82 Å². The van der Waals surface area contributed by atoms with E-state index >= 15 is 0 Å². The Balaban J connectivity index is 1.99. The molecule has 0 radical (unpaired) electrons. The topological polar surface area (TPSA) is 57.6 Å². The van der Waals surface area contributed by atoms with Crippen LogP contribution in [0.5, 0.6) is 0 Å². The molecule has 3 rings (SSSR count). The maximum absolute atomic E-state index is 13.0. The van der Waals surface area contributed by atoms with Gasteiger partial charge in [0, 0.05) is 22.7 Å². The van der Waals surface area contributed by atoms with E-state index in [1.54, 1.807) is 12.1 Å². The van der Waals surface area contributed by atoms with Crippen molar-refractivity contribution in [3.8, 4) is 0 Å². The van der Waals surface area contributed by atoms with Gasteiger partial charge in [-0.1, -0.05) is 18.5 Å². The molecule has 0 aromatic heterocycles. The predicted octanol–water partition coefficient (Wildman–Crippen LogP) is 3.70. The van der Waals surface area contributed by atoms with Gasteiger partial charge in [0.15, 0.2) is 11.4 Å². The monoisotopic (exact) mass is 361 g/mol. The van der Waals surface area contributed by atoms with Crippen LogP contribution in [0.1, 0.15) is 35.7 Å². The first-order chi connectivity index (χ1) is 11.9. The van der Waals surface area contributed by atoms with Crippen LogP contribution in [0.25, 0.3) is 0 Å². The minimum Gasteiger partial charge on any atom is -0.375 e. The van der Waals surface area contributed by atoms with Gasteiger partial charge < -0.3 is 10.0 Å². The van der Waals surface area contributed by atoms with Crippen molar-refractivity contribution in [1.82, 2.24) is 0 Å². The smallest absolute Gasteiger partial charge is 0.264 e. The highest BCUT2D eigenvalue weighted by atomic mass is 35.5. The average molecular weight is 362 g/mol. The molecule has 25 heavy (non-hydrogen) atoms. The molecule has 0 fully saturated rings. The lowest BCUT2D eigenvalue weighted by Crippen LogP contribution is -2.42. The molecule has 6 heteroatoms. The molecule has 1 aliphatic rings. The second-order valence-electron chi connectivity index (χ2n) is 6.09. The van der Waals surface area contributed by atoms with E-state index in [0.29, 0.717) is 29.2 Å². The molecule has 0 bridgehead atoms. The number of rotatable bonds is 5. The average Bonchev–Trinajstić information content (AvgIpc) is 2.77. The summed E-state index contributed by atoms with van der Waals surface area (Å²) in [5.41, 5.74) is -0.847.